The number of hydrogen-bond acceptors (Lipinski definition) is 3. The van der Waals surface area contributed by atoms with Crippen molar-refractivity contribution in [2.75, 3.05) is 0 Å². The number of benzene rings is 2. The summed E-state index contributed by atoms with van der Waals surface area (Å²) in [5.41, 5.74) is 0.670. The first-order valence-electron chi connectivity index (χ1n) is 9.08. The Balaban J connectivity index is 1.53. The van der Waals surface area contributed by atoms with E-state index in [2.05, 4.69) is 10.4 Å². The van der Waals surface area contributed by atoms with Gasteiger partial charge in [-0.15, -0.1) is 5.10 Å². The third-order valence-electron chi connectivity index (χ3n) is 4.66. The van der Waals surface area contributed by atoms with Crippen LogP contribution in [0.25, 0.3) is 11.4 Å². The Kier molecular flexibility index (Phi) is 5.43. The number of rotatable bonds is 6. The zero-order valence-corrected chi connectivity index (χ0v) is 16.8. The van der Waals surface area contributed by atoms with Crippen molar-refractivity contribution < 1.29 is 9.18 Å². The van der Waals surface area contributed by atoms with Crippen LogP contribution in [-0.2, 0) is 17.9 Å². The number of carbonyl (C=O) groups is 1. The fourth-order valence-electron chi connectivity index (χ4n) is 3.05. The van der Waals surface area contributed by atoms with Crippen LogP contribution >= 0.6 is 23.2 Å². The largest absolute Gasteiger partial charge is 0.350 e. The maximum absolute atomic E-state index is 13.8. The molecule has 4 rings (SSSR count). The third kappa shape index (κ3) is 4.36. The number of nitrogens with zero attached hydrogens (tertiary/aromatic N) is 3. The van der Waals surface area contributed by atoms with Crippen LogP contribution in [0.2, 0.25) is 10.0 Å². The molecular weight excluding hydrogens is 418 g/mol. The van der Waals surface area contributed by atoms with Gasteiger partial charge in [-0.25, -0.2) is 13.9 Å². The molecule has 0 atom stereocenters. The average molecular weight is 435 g/mol. The van der Waals surface area contributed by atoms with E-state index in [1.807, 2.05) is 0 Å². The maximum atomic E-state index is 13.8. The maximum Gasteiger partial charge on any atom is 0.346 e. The second-order valence-corrected chi connectivity index (χ2v) is 7.76. The summed E-state index contributed by atoms with van der Waals surface area (Å²) in [6.45, 7) is -0.297. The topological polar surface area (TPSA) is 68.9 Å². The fraction of sp³-hybridized carbons (Fsp3) is 0.250. The molecule has 9 heteroatoms. The van der Waals surface area contributed by atoms with Gasteiger partial charge in [0.15, 0.2) is 5.82 Å². The van der Waals surface area contributed by atoms with Gasteiger partial charge in [0.05, 0.1) is 0 Å². The molecule has 1 amide bonds. The Morgan fingerprint density at radius 3 is 2.52 bits per heavy atom. The standard InChI is InChI=1S/C20H17Cl2FN4O2/c21-14-3-1-12(2-4-14)19-25-26(20(29)27(19)16-6-7-16)11-18(28)24-10-13-9-15(22)5-8-17(13)23/h1-5,8-9,16H,6-7,10-11H2,(H,24,28). The van der Waals surface area contributed by atoms with Gasteiger partial charge in [-0.2, -0.15) is 0 Å². The summed E-state index contributed by atoms with van der Waals surface area (Å²) < 4.78 is 16.5. The summed E-state index contributed by atoms with van der Waals surface area (Å²) in [4.78, 5) is 25.1. The van der Waals surface area contributed by atoms with Gasteiger partial charge in [0.25, 0.3) is 0 Å². The second kappa shape index (κ2) is 8.00. The van der Waals surface area contributed by atoms with Crippen LogP contribution in [0.15, 0.2) is 47.3 Å². The minimum atomic E-state index is -0.463. The molecule has 1 aromatic heterocycles. The number of nitrogens with one attached hydrogen (secondary N) is 1. The molecule has 6 nitrogen and oxygen atoms in total. The predicted octanol–water partition coefficient (Wildman–Crippen LogP) is 3.81. The third-order valence-corrected chi connectivity index (χ3v) is 5.15. The number of carbonyl (C=O) groups excluding carboxylic acids is 1. The predicted molar refractivity (Wildman–Crippen MR) is 108 cm³/mol. The number of halogens is 3. The summed E-state index contributed by atoms with van der Waals surface area (Å²) in [7, 11) is 0. The van der Waals surface area contributed by atoms with Gasteiger partial charge in [-0.05, 0) is 55.3 Å². The summed E-state index contributed by atoms with van der Waals surface area (Å²) >= 11 is 11.8. The van der Waals surface area contributed by atoms with Crippen molar-refractivity contribution in [2.24, 2.45) is 0 Å². The average Bonchev–Trinajstić information content (AvgIpc) is 3.48. The molecule has 1 N–H and O–H groups in total. The van der Waals surface area contributed by atoms with Crippen LogP contribution in [0.1, 0.15) is 24.4 Å². The molecule has 0 spiro atoms. The molecule has 0 unspecified atom stereocenters. The molecule has 29 heavy (non-hydrogen) atoms. The highest BCUT2D eigenvalue weighted by atomic mass is 35.5. The molecular formula is C20H17Cl2FN4O2. The van der Waals surface area contributed by atoms with Crippen LogP contribution in [0.3, 0.4) is 0 Å². The molecule has 1 fully saturated rings. The van der Waals surface area contributed by atoms with Crippen molar-refractivity contribution in [3.8, 4) is 11.4 Å². The zero-order valence-electron chi connectivity index (χ0n) is 15.2. The van der Waals surface area contributed by atoms with E-state index < -0.39 is 11.7 Å². The fourth-order valence-corrected chi connectivity index (χ4v) is 3.37. The Hall–Kier alpha value is -2.64. The highest BCUT2D eigenvalue weighted by Gasteiger charge is 2.30. The molecule has 0 aliphatic heterocycles. The molecule has 1 aliphatic rings. The van der Waals surface area contributed by atoms with Crippen LogP contribution in [0.5, 0.6) is 0 Å². The smallest absolute Gasteiger partial charge is 0.346 e. The lowest BCUT2D eigenvalue weighted by Gasteiger charge is -2.06. The quantitative estimate of drug-likeness (QED) is 0.641. The Morgan fingerprint density at radius 1 is 1.14 bits per heavy atom. The van der Waals surface area contributed by atoms with Gasteiger partial charge in [-0.1, -0.05) is 23.2 Å². The van der Waals surface area contributed by atoms with E-state index in [9.17, 15) is 14.0 Å². The van der Waals surface area contributed by atoms with Crippen molar-refractivity contribution in [2.45, 2.75) is 32.0 Å². The van der Waals surface area contributed by atoms with Crippen LogP contribution in [0, 0.1) is 5.82 Å². The first-order valence-corrected chi connectivity index (χ1v) is 9.84. The van der Waals surface area contributed by atoms with Crippen molar-refractivity contribution in [1.29, 1.82) is 0 Å². The first kappa shape index (κ1) is 19.7. The van der Waals surface area contributed by atoms with Gasteiger partial charge < -0.3 is 5.32 Å². The molecule has 3 aromatic rings. The van der Waals surface area contributed by atoms with Crippen molar-refractivity contribution in [3.05, 3.63) is 74.4 Å². The molecule has 150 valence electrons. The molecule has 2 aromatic carbocycles. The van der Waals surface area contributed by atoms with Gasteiger partial charge in [0.2, 0.25) is 5.91 Å². The van der Waals surface area contributed by atoms with E-state index in [1.54, 1.807) is 28.8 Å². The SMILES string of the molecule is O=C(Cn1nc(-c2ccc(Cl)cc2)n(C2CC2)c1=O)NCc1cc(Cl)ccc1F. The summed E-state index contributed by atoms with van der Waals surface area (Å²) in [5.74, 6) is -0.410. The highest BCUT2D eigenvalue weighted by Crippen LogP contribution is 2.36. The van der Waals surface area contributed by atoms with Crippen molar-refractivity contribution in [1.82, 2.24) is 19.7 Å². The van der Waals surface area contributed by atoms with Gasteiger partial charge in [0.1, 0.15) is 12.4 Å². The van der Waals surface area contributed by atoms with Gasteiger partial charge in [-0.3, -0.25) is 9.36 Å². The molecule has 0 radical (unpaired) electrons. The first-order chi connectivity index (χ1) is 13.9. The van der Waals surface area contributed by atoms with Gasteiger partial charge >= 0.3 is 5.69 Å². The summed E-state index contributed by atoms with van der Waals surface area (Å²) in [5, 5.41) is 7.93. The monoisotopic (exact) mass is 434 g/mol. The van der Waals surface area contributed by atoms with E-state index in [4.69, 9.17) is 23.2 Å². The molecule has 0 bridgehead atoms. The van der Waals surface area contributed by atoms with E-state index in [0.29, 0.717) is 15.9 Å². The second-order valence-electron chi connectivity index (χ2n) is 6.88. The number of amides is 1. The molecule has 1 heterocycles. The summed E-state index contributed by atoms with van der Waals surface area (Å²) in [6, 6.07) is 11.2. The lowest BCUT2D eigenvalue weighted by molar-refractivity contribution is -0.122. The lowest BCUT2D eigenvalue weighted by Crippen LogP contribution is -2.33. The van der Waals surface area contributed by atoms with Crippen molar-refractivity contribution >= 4 is 29.1 Å². The van der Waals surface area contributed by atoms with E-state index in [1.165, 1.54) is 18.2 Å². The van der Waals surface area contributed by atoms with E-state index in [-0.39, 0.29) is 30.4 Å². The van der Waals surface area contributed by atoms with Crippen molar-refractivity contribution in [3.63, 3.8) is 0 Å². The minimum absolute atomic E-state index is 0.0344. The minimum Gasteiger partial charge on any atom is -0.350 e. The Bertz CT molecular complexity index is 1120. The van der Waals surface area contributed by atoms with Crippen LogP contribution < -0.4 is 11.0 Å². The lowest BCUT2D eigenvalue weighted by atomic mass is 10.2. The van der Waals surface area contributed by atoms with E-state index >= 15 is 0 Å². The van der Waals surface area contributed by atoms with E-state index in [0.717, 1.165) is 23.1 Å². The highest BCUT2D eigenvalue weighted by molar-refractivity contribution is 6.30. The van der Waals surface area contributed by atoms with Crippen LogP contribution in [0.4, 0.5) is 4.39 Å². The molecule has 1 aliphatic carbocycles. The van der Waals surface area contributed by atoms with Gasteiger partial charge in [0, 0.05) is 33.8 Å². The normalized spacial score (nSPS) is 13.5. The number of aromatic nitrogens is 3. The Labute approximate surface area is 175 Å². The summed E-state index contributed by atoms with van der Waals surface area (Å²) in [6.07, 6.45) is 1.79. The zero-order chi connectivity index (χ0) is 20.5. The Morgan fingerprint density at radius 2 is 1.83 bits per heavy atom. The number of hydrogen-bond donors (Lipinski definition) is 1. The van der Waals surface area contributed by atoms with Crippen LogP contribution in [-0.4, -0.2) is 20.3 Å². The molecule has 0 saturated heterocycles. The molecule has 1 saturated carbocycles.